The maximum absolute atomic E-state index is 14.8. The Bertz CT molecular complexity index is 1540. The van der Waals surface area contributed by atoms with Gasteiger partial charge in [-0.1, -0.05) is 6.07 Å². The number of carbonyl (C=O) groups excluding carboxylic acids is 2. The zero-order valence-electron chi connectivity index (χ0n) is 20.8. The fourth-order valence-electron chi connectivity index (χ4n) is 4.20. The summed E-state index contributed by atoms with van der Waals surface area (Å²) in [4.78, 5) is 46.7. The number of carbonyl (C=O) groups is 2. The largest absolute Gasteiger partial charge is 0.524 e. The van der Waals surface area contributed by atoms with Crippen molar-refractivity contribution in [1.82, 2.24) is 10.2 Å². The zero-order valence-corrected chi connectivity index (χ0v) is 21.7. The van der Waals surface area contributed by atoms with Crippen LogP contribution in [0.25, 0.3) is 0 Å². The topological polar surface area (TPSA) is 119 Å². The lowest BCUT2D eigenvalue weighted by Gasteiger charge is -2.40. The number of rotatable bonds is 7. The van der Waals surface area contributed by atoms with Gasteiger partial charge in [-0.15, -0.1) is 0 Å². The molecule has 4 rings (SSSR count). The highest BCUT2D eigenvalue weighted by Gasteiger charge is 2.35. The van der Waals surface area contributed by atoms with Crippen LogP contribution < -0.4 is 14.7 Å². The van der Waals surface area contributed by atoms with E-state index in [9.17, 15) is 45.9 Å². The molecule has 0 fully saturated rings. The summed E-state index contributed by atoms with van der Waals surface area (Å²) in [5.74, 6) is -7.96. The van der Waals surface area contributed by atoms with Crippen molar-refractivity contribution >= 4 is 25.4 Å². The monoisotopic (exact) mass is 585 g/mol. The number of nitrogens with zero attached hydrogens (tertiary/aromatic N) is 2. The second-order valence-electron chi connectivity index (χ2n) is 8.88. The number of amides is 3. The fraction of sp³-hybridized carbons (Fsp3) is 0.200. The number of urea groups is 1. The van der Waals surface area contributed by atoms with Crippen LogP contribution in [0.4, 0.5) is 32.4 Å². The average molecular weight is 585 g/mol. The van der Waals surface area contributed by atoms with Crippen molar-refractivity contribution in [2.75, 3.05) is 11.9 Å². The van der Waals surface area contributed by atoms with Crippen LogP contribution in [-0.4, -0.2) is 33.7 Å². The van der Waals surface area contributed by atoms with E-state index in [-0.39, 0.29) is 11.3 Å². The van der Waals surface area contributed by atoms with Gasteiger partial charge < -0.3 is 14.7 Å². The third kappa shape index (κ3) is 5.79. The Hall–Kier alpha value is -4.00. The van der Waals surface area contributed by atoms with Gasteiger partial charge in [0, 0.05) is 36.9 Å². The standard InChI is InChI=1S/C25H21F5N3O6P/c1-12-15-4-3-13(24(34)31-10-16-19(28)8-14(26)9-20(16)29)7-21(15)33(25(35)32(12)2)11-17-22(39-40(36,37)38)6-5-18(27)23(17)30/h3-9,12H,10-11H2,1-2H3,(H,31,34)(H2,36,37,38). The Morgan fingerprint density at radius 2 is 1.65 bits per heavy atom. The second kappa shape index (κ2) is 10.9. The van der Waals surface area contributed by atoms with Gasteiger partial charge in [-0.2, -0.15) is 0 Å². The molecule has 0 bridgehead atoms. The Morgan fingerprint density at radius 1 is 1.00 bits per heavy atom. The van der Waals surface area contributed by atoms with E-state index in [1.165, 1.54) is 30.1 Å². The molecule has 1 aliphatic rings. The molecule has 0 saturated carbocycles. The summed E-state index contributed by atoms with van der Waals surface area (Å²) in [6.07, 6.45) is 0. The van der Waals surface area contributed by atoms with Gasteiger partial charge in [0.1, 0.15) is 23.2 Å². The maximum atomic E-state index is 14.8. The van der Waals surface area contributed by atoms with E-state index < -0.39 is 84.9 Å². The lowest BCUT2D eigenvalue weighted by molar-refractivity contribution is 0.0950. The summed E-state index contributed by atoms with van der Waals surface area (Å²) in [5.41, 5.74) is -0.791. The molecule has 3 aromatic rings. The fourth-order valence-corrected chi connectivity index (χ4v) is 4.63. The lowest BCUT2D eigenvalue weighted by Crippen LogP contribution is -2.46. The van der Waals surface area contributed by atoms with Gasteiger partial charge in [-0.25, -0.2) is 31.3 Å². The van der Waals surface area contributed by atoms with Crippen LogP contribution in [0.1, 0.15) is 40.0 Å². The molecule has 1 heterocycles. The van der Waals surface area contributed by atoms with E-state index in [1.54, 1.807) is 6.92 Å². The molecule has 40 heavy (non-hydrogen) atoms. The van der Waals surface area contributed by atoms with E-state index in [0.717, 1.165) is 11.0 Å². The van der Waals surface area contributed by atoms with Crippen molar-refractivity contribution in [1.29, 1.82) is 0 Å². The minimum atomic E-state index is -5.20. The average Bonchev–Trinajstić information content (AvgIpc) is 2.87. The van der Waals surface area contributed by atoms with Gasteiger partial charge >= 0.3 is 13.9 Å². The van der Waals surface area contributed by atoms with Crippen molar-refractivity contribution in [3.05, 3.63) is 93.8 Å². The number of halogens is 5. The van der Waals surface area contributed by atoms with Crippen LogP contribution in [-0.2, 0) is 17.7 Å². The summed E-state index contributed by atoms with van der Waals surface area (Å²) in [7, 11) is -3.77. The highest BCUT2D eigenvalue weighted by Crippen LogP contribution is 2.42. The predicted molar refractivity (Wildman–Crippen MR) is 131 cm³/mol. The van der Waals surface area contributed by atoms with E-state index in [2.05, 4.69) is 9.84 Å². The molecule has 0 radical (unpaired) electrons. The summed E-state index contributed by atoms with van der Waals surface area (Å²) in [6.45, 7) is 0.283. The summed E-state index contributed by atoms with van der Waals surface area (Å²) in [6, 6.07) is 5.14. The number of anilines is 1. The van der Waals surface area contributed by atoms with Gasteiger partial charge in [-0.05, 0) is 36.8 Å². The van der Waals surface area contributed by atoms with Crippen molar-refractivity contribution in [3.8, 4) is 5.75 Å². The molecular formula is C25H21F5N3O6P. The summed E-state index contributed by atoms with van der Waals surface area (Å²) in [5, 5.41) is 2.30. The highest BCUT2D eigenvalue weighted by molar-refractivity contribution is 7.46. The zero-order chi connectivity index (χ0) is 29.5. The first-order valence-corrected chi connectivity index (χ1v) is 13.0. The SMILES string of the molecule is CC1c2ccc(C(=O)NCc3c(F)cc(F)cc3F)cc2N(Cc2c(OP(=O)(O)O)ccc(F)c2F)C(=O)N1C. The lowest BCUT2D eigenvalue weighted by atomic mass is 9.98. The van der Waals surface area contributed by atoms with E-state index in [4.69, 9.17) is 0 Å². The number of nitrogens with one attached hydrogen (secondary N) is 1. The molecule has 0 spiro atoms. The molecule has 3 aromatic carbocycles. The molecule has 3 N–H and O–H groups in total. The predicted octanol–water partition coefficient (Wildman–Crippen LogP) is 4.92. The molecule has 3 amide bonds. The molecule has 0 aromatic heterocycles. The van der Waals surface area contributed by atoms with Crippen LogP contribution in [0.3, 0.4) is 0 Å². The van der Waals surface area contributed by atoms with Crippen molar-refractivity contribution in [2.24, 2.45) is 0 Å². The molecule has 0 saturated heterocycles. The molecule has 1 aliphatic heterocycles. The van der Waals surface area contributed by atoms with E-state index in [0.29, 0.717) is 23.8 Å². The number of hydrogen-bond acceptors (Lipinski definition) is 4. The minimum Gasteiger partial charge on any atom is -0.404 e. The van der Waals surface area contributed by atoms with Crippen molar-refractivity contribution in [2.45, 2.75) is 26.1 Å². The van der Waals surface area contributed by atoms with Crippen LogP contribution in [0.5, 0.6) is 5.75 Å². The van der Waals surface area contributed by atoms with Crippen LogP contribution in [0.15, 0.2) is 42.5 Å². The molecular weight excluding hydrogens is 564 g/mol. The third-order valence-electron chi connectivity index (χ3n) is 6.37. The summed E-state index contributed by atoms with van der Waals surface area (Å²) >= 11 is 0. The van der Waals surface area contributed by atoms with Crippen molar-refractivity contribution < 1.29 is 50.4 Å². The van der Waals surface area contributed by atoms with E-state index >= 15 is 0 Å². The highest BCUT2D eigenvalue weighted by atomic mass is 31.2. The Kier molecular flexibility index (Phi) is 7.88. The molecule has 1 atom stereocenters. The van der Waals surface area contributed by atoms with Gasteiger partial charge in [0.15, 0.2) is 11.6 Å². The van der Waals surface area contributed by atoms with Gasteiger partial charge in [0.25, 0.3) is 5.91 Å². The van der Waals surface area contributed by atoms with Gasteiger partial charge in [0.05, 0.1) is 23.8 Å². The number of phosphoric ester groups is 1. The smallest absolute Gasteiger partial charge is 0.404 e. The van der Waals surface area contributed by atoms with Gasteiger partial charge in [0.2, 0.25) is 0 Å². The Balaban J connectivity index is 1.70. The Labute approximate surface area is 224 Å². The first-order chi connectivity index (χ1) is 18.7. The first-order valence-electron chi connectivity index (χ1n) is 11.5. The Morgan fingerprint density at radius 3 is 2.27 bits per heavy atom. The second-order valence-corrected chi connectivity index (χ2v) is 10.0. The normalized spacial score (nSPS) is 15.2. The number of hydrogen-bond donors (Lipinski definition) is 3. The number of fused-ring (bicyclic) bond motifs is 1. The van der Waals surface area contributed by atoms with Crippen LogP contribution >= 0.6 is 7.82 Å². The van der Waals surface area contributed by atoms with Crippen molar-refractivity contribution in [3.63, 3.8) is 0 Å². The quantitative estimate of drug-likeness (QED) is 0.268. The third-order valence-corrected chi connectivity index (χ3v) is 6.80. The van der Waals surface area contributed by atoms with Gasteiger partial charge in [-0.3, -0.25) is 19.5 Å². The molecule has 212 valence electrons. The molecule has 1 unspecified atom stereocenters. The van der Waals surface area contributed by atoms with Crippen LogP contribution in [0.2, 0.25) is 0 Å². The first kappa shape index (κ1) is 29.0. The minimum absolute atomic E-state index is 0.0770. The molecule has 9 nitrogen and oxygen atoms in total. The van der Waals surface area contributed by atoms with Crippen LogP contribution in [0, 0.1) is 29.1 Å². The number of phosphoric acid groups is 1. The molecule has 0 aliphatic carbocycles. The number of benzene rings is 3. The molecule has 15 heteroatoms. The summed E-state index contributed by atoms with van der Waals surface area (Å²) < 4.78 is 85.9. The van der Waals surface area contributed by atoms with E-state index in [1.807, 2.05) is 0 Å². The maximum Gasteiger partial charge on any atom is 0.524 e.